The van der Waals surface area contributed by atoms with Gasteiger partial charge in [-0.25, -0.2) is 0 Å². The molecule has 3 N–H and O–H groups in total. The van der Waals surface area contributed by atoms with Gasteiger partial charge in [-0.2, -0.15) is 18.3 Å². The Morgan fingerprint density at radius 3 is 2.48 bits per heavy atom. The predicted molar refractivity (Wildman–Crippen MR) is 71.7 cm³/mol. The lowest BCUT2D eigenvalue weighted by Gasteiger charge is -2.10. The molecule has 1 amide bonds. The molecule has 0 bridgehead atoms. The summed E-state index contributed by atoms with van der Waals surface area (Å²) in [5.41, 5.74) is 5.51. The molecule has 1 aromatic carbocycles. The number of nitrogens with one attached hydrogen (secondary N) is 1. The summed E-state index contributed by atoms with van der Waals surface area (Å²) in [5.74, 6) is -0.522. The molecule has 0 unspecified atom stereocenters. The van der Waals surface area contributed by atoms with Gasteiger partial charge < -0.3 is 11.1 Å². The van der Waals surface area contributed by atoms with Crippen LogP contribution in [-0.2, 0) is 12.7 Å². The molecule has 1 aromatic heterocycles. The van der Waals surface area contributed by atoms with E-state index in [9.17, 15) is 18.0 Å². The van der Waals surface area contributed by atoms with E-state index in [4.69, 9.17) is 5.73 Å². The number of nitrogen functional groups attached to an aromatic ring is 1. The van der Waals surface area contributed by atoms with Crippen LogP contribution >= 0.6 is 0 Å². The van der Waals surface area contributed by atoms with Crippen molar-refractivity contribution in [2.24, 2.45) is 0 Å². The third kappa shape index (κ3) is 3.15. The van der Waals surface area contributed by atoms with Gasteiger partial charge in [0, 0.05) is 12.2 Å². The number of amides is 1. The van der Waals surface area contributed by atoms with Crippen molar-refractivity contribution in [2.75, 3.05) is 11.1 Å². The van der Waals surface area contributed by atoms with Crippen molar-refractivity contribution in [1.29, 1.82) is 0 Å². The van der Waals surface area contributed by atoms with E-state index in [1.165, 1.54) is 23.0 Å². The van der Waals surface area contributed by atoms with Crippen molar-refractivity contribution < 1.29 is 18.0 Å². The number of hydrogen-bond acceptors (Lipinski definition) is 3. The van der Waals surface area contributed by atoms with Gasteiger partial charge in [-0.3, -0.25) is 9.48 Å². The van der Waals surface area contributed by atoms with Crippen molar-refractivity contribution in [3.05, 3.63) is 41.7 Å². The zero-order valence-electron chi connectivity index (χ0n) is 11.1. The number of nitrogens with two attached hydrogens (primary N) is 1. The molecule has 0 saturated carbocycles. The van der Waals surface area contributed by atoms with Crippen LogP contribution in [0.1, 0.15) is 23.0 Å². The second kappa shape index (κ2) is 5.47. The Bertz CT molecular complexity index is 646. The van der Waals surface area contributed by atoms with Crippen molar-refractivity contribution >= 4 is 17.3 Å². The van der Waals surface area contributed by atoms with E-state index in [0.717, 1.165) is 12.1 Å². The number of aromatic nitrogens is 2. The highest BCUT2D eigenvalue weighted by Gasteiger charge is 2.30. The highest BCUT2D eigenvalue weighted by molar-refractivity contribution is 6.06. The molecule has 0 fully saturated rings. The molecule has 0 atom stereocenters. The second-order valence-electron chi connectivity index (χ2n) is 4.29. The number of carbonyl (C=O) groups excluding carboxylic acids is 1. The Morgan fingerprint density at radius 1 is 1.33 bits per heavy atom. The molecule has 0 saturated heterocycles. The molecule has 8 heteroatoms. The first-order valence-corrected chi connectivity index (χ1v) is 6.12. The second-order valence-corrected chi connectivity index (χ2v) is 4.29. The van der Waals surface area contributed by atoms with Gasteiger partial charge in [-0.15, -0.1) is 0 Å². The Hall–Kier alpha value is -2.51. The molecular formula is C13H13F3N4O. The number of aryl methyl sites for hydroxylation is 1. The first-order valence-electron chi connectivity index (χ1n) is 6.12. The van der Waals surface area contributed by atoms with Crippen molar-refractivity contribution in [3.63, 3.8) is 0 Å². The summed E-state index contributed by atoms with van der Waals surface area (Å²) in [6, 6.07) is 4.17. The van der Waals surface area contributed by atoms with Gasteiger partial charge >= 0.3 is 6.18 Å². The van der Waals surface area contributed by atoms with Gasteiger partial charge in [0.25, 0.3) is 5.91 Å². The fraction of sp³-hybridized carbons (Fsp3) is 0.231. The zero-order chi connectivity index (χ0) is 15.6. The standard InChI is InChI=1S/C13H13F3N4O/c1-2-20-11(10(17)7-18-20)12(21)19-9-5-3-8(4-6-9)13(14,15)16/h3-7H,2,17H2,1H3,(H,19,21). The fourth-order valence-corrected chi connectivity index (χ4v) is 1.82. The molecule has 5 nitrogen and oxygen atoms in total. The van der Waals surface area contributed by atoms with Gasteiger partial charge in [0.05, 0.1) is 17.4 Å². The van der Waals surface area contributed by atoms with E-state index in [1.54, 1.807) is 6.92 Å². The topological polar surface area (TPSA) is 72.9 Å². The SMILES string of the molecule is CCn1ncc(N)c1C(=O)Nc1ccc(C(F)(F)F)cc1. The summed E-state index contributed by atoms with van der Waals surface area (Å²) >= 11 is 0. The lowest BCUT2D eigenvalue weighted by atomic mass is 10.2. The maximum absolute atomic E-state index is 12.4. The molecular weight excluding hydrogens is 285 g/mol. The molecule has 2 aromatic rings. The van der Waals surface area contributed by atoms with Crippen molar-refractivity contribution in [2.45, 2.75) is 19.6 Å². The molecule has 0 radical (unpaired) electrons. The Morgan fingerprint density at radius 2 is 1.95 bits per heavy atom. The Labute approximate surface area is 118 Å². The maximum Gasteiger partial charge on any atom is 0.416 e. The lowest BCUT2D eigenvalue weighted by molar-refractivity contribution is -0.137. The van der Waals surface area contributed by atoms with E-state index in [1.807, 2.05) is 0 Å². The monoisotopic (exact) mass is 298 g/mol. The number of alkyl halides is 3. The van der Waals surface area contributed by atoms with Crippen LogP contribution < -0.4 is 11.1 Å². The van der Waals surface area contributed by atoms with Crippen LogP contribution in [0.5, 0.6) is 0 Å². The third-order valence-electron chi connectivity index (χ3n) is 2.85. The normalized spacial score (nSPS) is 11.4. The van der Waals surface area contributed by atoms with Gasteiger partial charge in [0.15, 0.2) is 0 Å². The predicted octanol–water partition coefficient (Wildman–Crippen LogP) is 2.76. The zero-order valence-corrected chi connectivity index (χ0v) is 11.1. The fourth-order valence-electron chi connectivity index (χ4n) is 1.82. The van der Waals surface area contributed by atoms with E-state index in [2.05, 4.69) is 10.4 Å². The van der Waals surface area contributed by atoms with Crippen LogP contribution in [0.15, 0.2) is 30.5 Å². The minimum atomic E-state index is -4.41. The molecule has 0 aliphatic carbocycles. The first-order chi connectivity index (χ1) is 9.82. The quantitative estimate of drug-likeness (QED) is 0.915. The van der Waals surface area contributed by atoms with Crippen LogP contribution in [0, 0.1) is 0 Å². The maximum atomic E-state index is 12.4. The minimum absolute atomic E-state index is 0.178. The van der Waals surface area contributed by atoms with Crippen LogP contribution in [0.4, 0.5) is 24.5 Å². The van der Waals surface area contributed by atoms with Gasteiger partial charge in [0.2, 0.25) is 0 Å². The summed E-state index contributed by atoms with van der Waals surface area (Å²) in [7, 11) is 0. The van der Waals surface area contributed by atoms with Crippen molar-refractivity contribution in [3.8, 4) is 0 Å². The van der Waals surface area contributed by atoms with Crippen LogP contribution in [0.2, 0.25) is 0 Å². The highest BCUT2D eigenvalue weighted by atomic mass is 19.4. The number of rotatable bonds is 3. The van der Waals surface area contributed by atoms with Crippen LogP contribution in [0.25, 0.3) is 0 Å². The van der Waals surface area contributed by atoms with E-state index in [0.29, 0.717) is 6.54 Å². The van der Waals surface area contributed by atoms with Crippen molar-refractivity contribution in [1.82, 2.24) is 9.78 Å². The Balaban J connectivity index is 2.18. The molecule has 21 heavy (non-hydrogen) atoms. The summed E-state index contributed by atoms with van der Waals surface area (Å²) in [6.07, 6.45) is -3.06. The molecule has 2 rings (SSSR count). The summed E-state index contributed by atoms with van der Waals surface area (Å²) < 4.78 is 38.7. The van der Waals surface area contributed by atoms with E-state index in [-0.39, 0.29) is 17.1 Å². The minimum Gasteiger partial charge on any atom is -0.396 e. The highest BCUT2D eigenvalue weighted by Crippen LogP contribution is 2.29. The van der Waals surface area contributed by atoms with E-state index >= 15 is 0 Å². The number of nitrogens with zero attached hydrogens (tertiary/aromatic N) is 2. The average molecular weight is 298 g/mol. The summed E-state index contributed by atoms with van der Waals surface area (Å²) in [5, 5.41) is 6.42. The van der Waals surface area contributed by atoms with Crippen LogP contribution in [0.3, 0.4) is 0 Å². The van der Waals surface area contributed by atoms with Gasteiger partial charge in [-0.05, 0) is 31.2 Å². The molecule has 112 valence electrons. The van der Waals surface area contributed by atoms with Gasteiger partial charge in [-0.1, -0.05) is 0 Å². The largest absolute Gasteiger partial charge is 0.416 e. The summed E-state index contributed by atoms with van der Waals surface area (Å²) in [4.78, 5) is 12.1. The van der Waals surface area contributed by atoms with Gasteiger partial charge in [0.1, 0.15) is 5.69 Å². The van der Waals surface area contributed by atoms with E-state index < -0.39 is 17.6 Å². The number of carbonyl (C=O) groups is 1. The lowest BCUT2D eigenvalue weighted by Crippen LogP contribution is -2.19. The average Bonchev–Trinajstić information content (AvgIpc) is 2.79. The third-order valence-corrected chi connectivity index (χ3v) is 2.85. The Kier molecular flexibility index (Phi) is 3.88. The van der Waals surface area contributed by atoms with Crippen LogP contribution in [-0.4, -0.2) is 15.7 Å². The first kappa shape index (κ1) is 14.9. The molecule has 1 heterocycles. The molecule has 0 aliphatic rings. The molecule has 0 spiro atoms. The smallest absolute Gasteiger partial charge is 0.396 e. The summed E-state index contributed by atoms with van der Waals surface area (Å²) in [6.45, 7) is 2.24. The number of anilines is 2. The number of halogens is 3. The molecule has 0 aliphatic heterocycles. The number of benzene rings is 1. The number of hydrogen-bond donors (Lipinski definition) is 2.